The predicted molar refractivity (Wildman–Crippen MR) is 111 cm³/mol. The fourth-order valence-corrected chi connectivity index (χ4v) is 6.61. The minimum Gasteiger partial charge on any atom is -0.380 e. The smallest absolute Gasteiger partial charge is 0.240 e. The summed E-state index contributed by atoms with van der Waals surface area (Å²) in [4.78, 5) is 36.3. The highest BCUT2D eigenvalue weighted by molar-refractivity contribution is 6.70. The van der Waals surface area contributed by atoms with Gasteiger partial charge in [0.15, 0.2) is 16.6 Å². The average Bonchev–Trinajstić information content (AvgIpc) is 2.91. The van der Waals surface area contributed by atoms with E-state index in [1.165, 1.54) is 13.8 Å². The molecule has 4 atom stereocenters. The Kier molecular flexibility index (Phi) is 5.85. The van der Waals surface area contributed by atoms with Crippen LogP contribution in [0.25, 0.3) is 0 Å². The molecule has 2 aliphatic heterocycles. The molecule has 0 aromatic carbocycles. The maximum absolute atomic E-state index is 12.6. The van der Waals surface area contributed by atoms with Gasteiger partial charge < -0.3 is 18.5 Å². The summed E-state index contributed by atoms with van der Waals surface area (Å²) in [6.45, 7) is 18.3. The third-order valence-electron chi connectivity index (χ3n) is 4.34. The van der Waals surface area contributed by atoms with E-state index in [-0.39, 0.29) is 23.0 Å². The van der Waals surface area contributed by atoms with Crippen molar-refractivity contribution in [3.63, 3.8) is 0 Å². The molecule has 10 heteroatoms. The van der Waals surface area contributed by atoms with E-state index in [2.05, 4.69) is 10.3 Å². The van der Waals surface area contributed by atoms with Gasteiger partial charge in [0.25, 0.3) is 0 Å². The van der Waals surface area contributed by atoms with Crippen LogP contribution in [-0.2, 0) is 28.1 Å². The van der Waals surface area contributed by atoms with Crippen LogP contribution in [0, 0.1) is 11.8 Å². The molecule has 2 aliphatic rings. The molecule has 8 nitrogen and oxygen atoms in total. The number of hydrogen-bond donors (Lipinski definition) is 0. The van der Waals surface area contributed by atoms with Crippen molar-refractivity contribution in [2.75, 3.05) is 0 Å². The highest BCUT2D eigenvalue weighted by Gasteiger charge is 2.59. The highest BCUT2D eigenvalue weighted by Crippen LogP contribution is 2.41. The summed E-state index contributed by atoms with van der Waals surface area (Å²) >= 11 is 0. The Bertz CT molecular complexity index is 677. The maximum Gasteiger partial charge on any atom is 0.240 e. The molecule has 0 bridgehead atoms. The van der Waals surface area contributed by atoms with Gasteiger partial charge in [0.05, 0.1) is 0 Å². The molecule has 158 valence electrons. The molecule has 0 N–H and O–H groups in total. The van der Waals surface area contributed by atoms with Gasteiger partial charge in [0.1, 0.15) is 34.8 Å². The van der Waals surface area contributed by atoms with Crippen molar-refractivity contribution in [1.29, 1.82) is 0 Å². The van der Waals surface area contributed by atoms with Crippen molar-refractivity contribution >= 4 is 39.6 Å². The SMILES string of the molecule is CC(=O)C1C(C2=NOC(C)(O[Si](C)(C)C)C2C(C)=O)=NOC1(C)O[Si](C)(C)C. The molecular formula is C18H32N2O6Si2. The zero-order valence-corrected chi connectivity index (χ0v) is 20.5. The summed E-state index contributed by atoms with van der Waals surface area (Å²) in [6.07, 6.45) is 0. The van der Waals surface area contributed by atoms with Crippen molar-refractivity contribution in [3.05, 3.63) is 0 Å². The molecule has 0 fully saturated rings. The van der Waals surface area contributed by atoms with Gasteiger partial charge in [-0.25, -0.2) is 0 Å². The molecule has 0 amide bonds. The van der Waals surface area contributed by atoms with Crippen LogP contribution in [0.5, 0.6) is 0 Å². The van der Waals surface area contributed by atoms with Crippen LogP contribution in [0.15, 0.2) is 10.3 Å². The molecule has 0 aromatic heterocycles. The summed E-state index contributed by atoms with van der Waals surface area (Å²) in [7, 11) is -4.12. The largest absolute Gasteiger partial charge is 0.380 e. The van der Waals surface area contributed by atoms with Gasteiger partial charge in [0, 0.05) is 13.8 Å². The molecule has 0 saturated carbocycles. The summed E-state index contributed by atoms with van der Waals surface area (Å²) in [6, 6.07) is 0. The highest BCUT2D eigenvalue weighted by atomic mass is 28.4. The van der Waals surface area contributed by atoms with Crippen LogP contribution in [0.3, 0.4) is 0 Å². The molecule has 0 aliphatic carbocycles. The summed E-state index contributed by atoms with van der Waals surface area (Å²) in [5, 5.41) is 8.28. The fraction of sp³-hybridized carbons (Fsp3) is 0.778. The van der Waals surface area contributed by atoms with Gasteiger partial charge in [-0.3, -0.25) is 9.59 Å². The number of hydrogen-bond acceptors (Lipinski definition) is 8. The fourth-order valence-electron chi connectivity index (χ4n) is 3.87. The lowest BCUT2D eigenvalue weighted by atomic mass is 9.81. The van der Waals surface area contributed by atoms with Gasteiger partial charge in [0.2, 0.25) is 11.6 Å². The monoisotopic (exact) mass is 428 g/mol. The van der Waals surface area contributed by atoms with E-state index >= 15 is 0 Å². The van der Waals surface area contributed by atoms with E-state index in [0.717, 1.165) is 0 Å². The third kappa shape index (κ3) is 4.61. The van der Waals surface area contributed by atoms with Crippen molar-refractivity contribution < 1.29 is 28.1 Å². The van der Waals surface area contributed by atoms with Gasteiger partial charge in [-0.1, -0.05) is 10.3 Å². The van der Waals surface area contributed by atoms with Crippen LogP contribution in [0.2, 0.25) is 39.3 Å². The van der Waals surface area contributed by atoms with E-state index in [1.807, 2.05) is 39.3 Å². The minimum atomic E-state index is -2.06. The number of Topliss-reactive ketones (excluding diaryl/α,β-unsaturated/α-hetero) is 2. The number of ketones is 2. The number of nitrogens with zero attached hydrogens (tertiary/aromatic N) is 2. The van der Waals surface area contributed by atoms with Crippen molar-refractivity contribution in [2.24, 2.45) is 22.1 Å². The zero-order valence-electron chi connectivity index (χ0n) is 18.5. The molecule has 0 spiro atoms. The lowest BCUT2D eigenvalue weighted by molar-refractivity contribution is -0.183. The van der Waals surface area contributed by atoms with Gasteiger partial charge in [-0.15, -0.1) is 0 Å². The van der Waals surface area contributed by atoms with E-state index in [1.54, 1.807) is 13.8 Å². The lowest BCUT2D eigenvalue weighted by Crippen LogP contribution is -2.53. The Morgan fingerprint density at radius 1 is 0.786 bits per heavy atom. The van der Waals surface area contributed by atoms with E-state index in [9.17, 15) is 9.59 Å². The number of carbonyl (C=O) groups is 2. The number of oxime groups is 2. The quantitative estimate of drug-likeness (QED) is 0.577. The first-order valence-electron chi connectivity index (χ1n) is 9.43. The normalized spacial score (nSPS) is 33.1. The standard InChI is InChI=1S/C18H32N2O6Si2/c1-11(21)13-15(19-23-17(13,3)25-27(5,6)7)16-14(12(2)22)18(4,24-20-16)26-28(8,9)10/h13-14H,1-10H3. The zero-order chi connectivity index (χ0) is 21.7. The van der Waals surface area contributed by atoms with Gasteiger partial charge in [-0.05, 0) is 53.1 Å². The van der Waals surface area contributed by atoms with Crippen LogP contribution in [0.1, 0.15) is 27.7 Å². The second kappa shape index (κ2) is 7.15. The molecule has 2 rings (SSSR count). The molecule has 2 heterocycles. The second-order valence-electron chi connectivity index (χ2n) is 9.68. The van der Waals surface area contributed by atoms with Crippen LogP contribution in [-0.4, -0.2) is 51.2 Å². The Morgan fingerprint density at radius 3 is 1.29 bits per heavy atom. The molecule has 0 aromatic rings. The topological polar surface area (TPSA) is 95.8 Å². The first-order chi connectivity index (χ1) is 12.5. The molecule has 0 radical (unpaired) electrons. The number of rotatable bonds is 7. The Morgan fingerprint density at radius 2 is 1.07 bits per heavy atom. The van der Waals surface area contributed by atoms with Crippen molar-refractivity contribution in [1.82, 2.24) is 0 Å². The van der Waals surface area contributed by atoms with Crippen LogP contribution in [0.4, 0.5) is 0 Å². The Labute approximate surface area is 168 Å². The van der Waals surface area contributed by atoms with E-state index in [4.69, 9.17) is 18.5 Å². The Balaban J connectivity index is 2.43. The molecule has 4 unspecified atom stereocenters. The third-order valence-corrected chi connectivity index (χ3v) is 6.37. The lowest BCUT2D eigenvalue weighted by Gasteiger charge is -2.35. The average molecular weight is 429 g/mol. The second-order valence-corrected chi connectivity index (χ2v) is 18.5. The van der Waals surface area contributed by atoms with Gasteiger partial charge in [-0.2, -0.15) is 0 Å². The molecular weight excluding hydrogens is 396 g/mol. The maximum atomic E-state index is 12.6. The van der Waals surface area contributed by atoms with E-state index in [0.29, 0.717) is 0 Å². The minimum absolute atomic E-state index is 0.179. The van der Waals surface area contributed by atoms with Crippen molar-refractivity contribution in [3.8, 4) is 0 Å². The van der Waals surface area contributed by atoms with Crippen LogP contribution < -0.4 is 0 Å². The molecule has 28 heavy (non-hydrogen) atoms. The number of carbonyl (C=O) groups excluding carboxylic acids is 2. The summed E-state index contributed by atoms with van der Waals surface area (Å²) < 4.78 is 12.3. The van der Waals surface area contributed by atoms with Gasteiger partial charge >= 0.3 is 0 Å². The first kappa shape index (κ1) is 22.9. The molecule has 0 saturated heterocycles. The predicted octanol–water partition coefficient (Wildman–Crippen LogP) is 3.30. The van der Waals surface area contributed by atoms with Crippen LogP contribution >= 0.6 is 0 Å². The summed E-state index contributed by atoms with van der Waals surface area (Å²) in [5.41, 5.74) is 0.549. The van der Waals surface area contributed by atoms with E-state index < -0.39 is 40.0 Å². The van der Waals surface area contributed by atoms with Crippen molar-refractivity contribution in [2.45, 2.75) is 78.6 Å². The Hall–Kier alpha value is -1.37. The summed E-state index contributed by atoms with van der Waals surface area (Å²) in [5.74, 6) is -4.46. The first-order valence-corrected chi connectivity index (χ1v) is 16.2.